The number of aryl methyl sites for hydroxylation is 1. The Morgan fingerprint density at radius 3 is 2.74 bits per heavy atom. The summed E-state index contributed by atoms with van der Waals surface area (Å²) in [6, 6.07) is 8.13. The van der Waals surface area contributed by atoms with Crippen molar-refractivity contribution in [3.8, 4) is 11.1 Å². The van der Waals surface area contributed by atoms with Crippen LogP contribution in [0.1, 0.15) is 25.5 Å². The van der Waals surface area contributed by atoms with Gasteiger partial charge in [0.15, 0.2) is 0 Å². The summed E-state index contributed by atoms with van der Waals surface area (Å²) >= 11 is 0. The van der Waals surface area contributed by atoms with Gasteiger partial charge in [0.25, 0.3) is 0 Å². The topological polar surface area (TPSA) is 76.7 Å². The summed E-state index contributed by atoms with van der Waals surface area (Å²) in [4.78, 5) is 13.4. The van der Waals surface area contributed by atoms with Crippen LogP contribution in [-0.2, 0) is 0 Å². The molecule has 0 fully saturated rings. The average Bonchev–Trinajstić information content (AvgIpc) is 2.71. The Morgan fingerprint density at radius 1 is 1.11 bits per heavy atom. The van der Waals surface area contributed by atoms with Gasteiger partial charge in [-0.05, 0) is 43.5 Å². The molecule has 5 heteroatoms. The number of fused-ring (bicyclic) bond motifs is 1. The lowest BCUT2D eigenvalue weighted by Gasteiger charge is -2.32. The molecule has 3 aromatic rings. The Bertz CT molecular complexity index is 1050. The highest BCUT2D eigenvalue weighted by atomic mass is 15.1. The van der Waals surface area contributed by atoms with Gasteiger partial charge in [0.2, 0.25) is 0 Å². The number of allylic oxidation sites excluding steroid dienone is 2. The molecular formula is C22H23N5. The zero-order valence-electron chi connectivity index (χ0n) is 15.6. The summed E-state index contributed by atoms with van der Waals surface area (Å²) < 4.78 is 0. The molecule has 1 aliphatic carbocycles. The van der Waals surface area contributed by atoms with Crippen molar-refractivity contribution in [1.29, 1.82) is 0 Å². The molecular weight excluding hydrogens is 334 g/mol. The van der Waals surface area contributed by atoms with E-state index in [0.717, 1.165) is 46.4 Å². The first-order valence-corrected chi connectivity index (χ1v) is 9.20. The second-order valence-corrected chi connectivity index (χ2v) is 6.98. The van der Waals surface area contributed by atoms with E-state index >= 15 is 0 Å². The van der Waals surface area contributed by atoms with E-state index in [2.05, 4.69) is 57.6 Å². The zero-order chi connectivity index (χ0) is 18.9. The number of nitrogen functional groups attached to an aromatic ring is 1. The largest absolute Gasteiger partial charge is 0.397 e. The van der Waals surface area contributed by atoms with Crippen LogP contribution in [0.25, 0.3) is 22.0 Å². The first kappa shape index (κ1) is 17.2. The number of anilines is 2. The first-order valence-electron chi connectivity index (χ1n) is 9.20. The second-order valence-electron chi connectivity index (χ2n) is 6.98. The molecule has 0 saturated carbocycles. The van der Waals surface area contributed by atoms with Gasteiger partial charge < -0.3 is 11.1 Å². The van der Waals surface area contributed by atoms with E-state index in [1.54, 1.807) is 6.33 Å². The molecule has 136 valence electrons. The van der Waals surface area contributed by atoms with E-state index in [9.17, 15) is 0 Å². The summed E-state index contributed by atoms with van der Waals surface area (Å²) in [6.45, 7) is 4.09. The quantitative estimate of drug-likeness (QED) is 0.710. The van der Waals surface area contributed by atoms with E-state index < -0.39 is 0 Å². The maximum atomic E-state index is 6.05. The number of hydrogen-bond acceptors (Lipinski definition) is 5. The van der Waals surface area contributed by atoms with Gasteiger partial charge >= 0.3 is 0 Å². The summed E-state index contributed by atoms with van der Waals surface area (Å²) in [5, 5.41) is 4.65. The molecule has 0 amide bonds. The minimum atomic E-state index is -0.123. The smallest absolute Gasteiger partial charge is 0.137 e. The third kappa shape index (κ3) is 3.28. The summed E-state index contributed by atoms with van der Waals surface area (Å²) in [6.07, 6.45) is 14.0. The molecule has 5 nitrogen and oxygen atoms in total. The third-order valence-electron chi connectivity index (χ3n) is 5.24. The van der Waals surface area contributed by atoms with Crippen LogP contribution in [0.2, 0.25) is 0 Å². The number of hydrogen-bond donors (Lipinski definition) is 2. The Balaban J connectivity index is 1.78. The van der Waals surface area contributed by atoms with Gasteiger partial charge in [-0.3, -0.25) is 4.98 Å². The van der Waals surface area contributed by atoms with E-state index in [0.29, 0.717) is 5.69 Å². The number of pyridine rings is 1. The van der Waals surface area contributed by atoms with Gasteiger partial charge in [-0.2, -0.15) is 0 Å². The van der Waals surface area contributed by atoms with E-state index in [4.69, 9.17) is 5.73 Å². The molecule has 3 N–H and O–H groups in total. The maximum absolute atomic E-state index is 6.05. The number of benzene rings is 1. The predicted molar refractivity (Wildman–Crippen MR) is 111 cm³/mol. The van der Waals surface area contributed by atoms with Crippen LogP contribution in [0.15, 0.2) is 61.1 Å². The van der Waals surface area contributed by atoms with Crippen LogP contribution < -0.4 is 11.1 Å². The molecule has 0 radical (unpaired) electrons. The highest BCUT2D eigenvalue weighted by molar-refractivity contribution is 5.93. The van der Waals surface area contributed by atoms with Gasteiger partial charge in [-0.1, -0.05) is 37.3 Å². The van der Waals surface area contributed by atoms with Crippen molar-refractivity contribution in [3.63, 3.8) is 0 Å². The monoisotopic (exact) mass is 357 g/mol. The number of nitrogens with two attached hydrogens (primary N) is 1. The van der Waals surface area contributed by atoms with Gasteiger partial charge in [0.1, 0.15) is 12.1 Å². The Kier molecular flexibility index (Phi) is 4.36. The van der Waals surface area contributed by atoms with Crippen molar-refractivity contribution < 1.29 is 0 Å². The summed E-state index contributed by atoms with van der Waals surface area (Å²) in [5.41, 5.74) is 10.4. The van der Waals surface area contributed by atoms with Gasteiger partial charge in [-0.25, -0.2) is 9.97 Å². The number of rotatable bonds is 4. The lowest BCUT2D eigenvalue weighted by Crippen LogP contribution is -2.36. The van der Waals surface area contributed by atoms with Crippen LogP contribution >= 0.6 is 0 Å². The first-order chi connectivity index (χ1) is 13.1. The van der Waals surface area contributed by atoms with Crippen LogP contribution in [0.5, 0.6) is 0 Å². The molecule has 1 aromatic carbocycles. The maximum Gasteiger partial charge on any atom is 0.137 e. The van der Waals surface area contributed by atoms with E-state index in [-0.39, 0.29) is 5.54 Å². The van der Waals surface area contributed by atoms with E-state index in [1.807, 2.05) is 31.3 Å². The molecule has 0 aliphatic heterocycles. The fraction of sp³-hybridized carbons (Fsp3) is 0.227. The van der Waals surface area contributed by atoms with Crippen molar-refractivity contribution in [2.75, 3.05) is 11.1 Å². The van der Waals surface area contributed by atoms with Crippen molar-refractivity contribution in [2.45, 2.75) is 32.2 Å². The van der Waals surface area contributed by atoms with Crippen LogP contribution in [0.4, 0.5) is 11.5 Å². The van der Waals surface area contributed by atoms with Crippen LogP contribution in [0.3, 0.4) is 0 Å². The van der Waals surface area contributed by atoms with Gasteiger partial charge in [0, 0.05) is 17.1 Å². The summed E-state index contributed by atoms with van der Waals surface area (Å²) in [7, 11) is 0. The van der Waals surface area contributed by atoms with Gasteiger partial charge in [0.05, 0.1) is 22.4 Å². The number of nitrogens with one attached hydrogen (secondary N) is 1. The van der Waals surface area contributed by atoms with Crippen LogP contribution in [0, 0.1) is 6.92 Å². The van der Waals surface area contributed by atoms with Crippen LogP contribution in [-0.4, -0.2) is 20.5 Å². The molecule has 1 aliphatic rings. The SMILES string of the molecule is CCC1(Nc2ncnc3ccc(-c4cnc(C)c(N)c4)cc23)C=CC=CC1. The fourth-order valence-corrected chi connectivity index (χ4v) is 3.39. The highest BCUT2D eigenvalue weighted by Gasteiger charge is 2.26. The Labute approximate surface area is 159 Å². The molecule has 0 saturated heterocycles. The van der Waals surface area contributed by atoms with Crippen molar-refractivity contribution in [1.82, 2.24) is 15.0 Å². The zero-order valence-corrected chi connectivity index (χ0v) is 15.6. The summed E-state index contributed by atoms with van der Waals surface area (Å²) in [5.74, 6) is 0.844. The fourth-order valence-electron chi connectivity index (χ4n) is 3.39. The highest BCUT2D eigenvalue weighted by Crippen LogP contribution is 2.32. The Morgan fingerprint density at radius 2 is 2.00 bits per heavy atom. The van der Waals surface area contributed by atoms with E-state index in [1.165, 1.54) is 0 Å². The van der Waals surface area contributed by atoms with Gasteiger partial charge in [-0.15, -0.1) is 0 Å². The minimum Gasteiger partial charge on any atom is -0.397 e. The molecule has 0 spiro atoms. The molecule has 1 atom stereocenters. The lowest BCUT2D eigenvalue weighted by atomic mass is 9.88. The molecule has 2 aromatic heterocycles. The van der Waals surface area contributed by atoms with Crippen molar-refractivity contribution in [2.24, 2.45) is 0 Å². The standard InChI is InChI=1S/C22H23N5/c1-3-22(9-5-4-6-10-22)27-21-18-11-16(7-8-20(18)25-14-26-21)17-12-19(23)15(2)24-13-17/h4-9,11-14H,3,10,23H2,1-2H3,(H,25,26,27). The molecule has 1 unspecified atom stereocenters. The Hall–Kier alpha value is -3.21. The number of aromatic nitrogens is 3. The molecule has 0 bridgehead atoms. The third-order valence-corrected chi connectivity index (χ3v) is 5.24. The predicted octanol–water partition coefficient (Wildman–Crippen LogP) is 4.66. The molecule has 27 heavy (non-hydrogen) atoms. The molecule has 2 heterocycles. The van der Waals surface area contributed by atoms with Crippen molar-refractivity contribution >= 4 is 22.4 Å². The minimum absolute atomic E-state index is 0.123. The normalized spacial score (nSPS) is 18.7. The average molecular weight is 357 g/mol. The second kappa shape index (κ2) is 6.83. The molecule has 4 rings (SSSR count). The lowest BCUT2D eigenvalue weighted by molar-refractivity contribution is 0.555. The number of nitrogens with zero attached hydrogens (tertiary/aromatic N) is 3. The van der Waals surface area contributed by atoms with Crippen molar-refractivity contribution in [3.05, 3.63) is 66.8 Å².